The third kappa shape index (κ3) is 3.76. The molecule has 1 fully saturated rings. The number of sulfonamides is 1. The minimum atomic E-state index is -3.19. The number of thiazole rings is 1. The maximum absolute atomic E-state index is 12.1. The van der Waals surface area contributed by atoms with Gasteiger partial charge in [0.05, 0.1) is 11.8 Å². The fraction of sp³-hybridized carbons (Fsp3) is 0.750. The summed E-state index contributed by atoms with van der Waals surface area (Å²) in [6, 6.07) is -0.170. The van der Waals surface area contributed by atoms with Crippen molar-refractivity contribution in [1.82, 2.24) is 9.71 Å². The van der Waals surface area contributed by atoms with Crippen LogP contribution in [-0.4, -0.2) is 19.2 Å². The van der Waals surface area contributed by atoms with Crippen molar-refractivity contribution in [3.05, 3.63) is 16.6 Å². The van der Waals surface area contributed by atoms with Crippen molar-refractivity contribution in [2.75, 3.05) is 5.75 Å². The normalized spacial score (nSPS) is 19.2. The van der Waals surface area contributed by atoms with E-state index in [0.717, 1.165) is 24.3 Å². The predicted octanol–water partition coefficient (Wildman–Crippen LogP) is 2.70. The van der Waals surface area contributed by atoms with E-state index in [1.807, 2.05) is 12.3 Å². The third-order valence-electron chi connectivity index (χ3n) is 3.41. The number of aromatic nitrogens is 1. The van der Waals surface area contributed by atoms with Crippen LogP contribution in [0, 0.1) is 5.92 Å². The van der Waals surface area contributed by atoms with Crippen molar-refractivity contribution in [2.45, 2.75) is 45.1 Å². The van der Waals surface area contributed by atoms with E-state index in [0.29, 0.717) is 5.92 Å². The van der Waals surface area contributed by atoms with Crippen LogP contribution in [-0.2, 0) is 10.0 Å². The monoisotopic (exact) mass is 288 g/mol. The molecule has 1 heterocycles. The van der Waals surface area contributed by atoms with Gasteiger partial charge in [0, 0.05) is 11.6 Å². The largest absolute Gasteiger partial charge is 0.248 e. The van der Waals surface area contributed by atoms with Gasteiger partial charge in [-0.2, -0.15) is 0 Å². The molecule has 102 valence electrons. The van der Waals surface area contributed by atoms with Gasteiger partial charge in [0.1, 0.15) is 5.01 Å². The number of rotatable bonds is 6. The number of nitrogens with one attached hydrogen (secondary N) is 1. The molecule has 1 aliphatic rings. The van der Waals surface area contributed by atoms with Crippen molar-refractivity contribution < 1.29 is 8.42 Å². The molecule has 2 rings (SSSR count). The Balaban J connectivity index is 1.97. The average Bonchev–Trinajstić information content (AvgIpc) is 2.97. The molecule has 6 heteroatoms. The molecule has 1 aromatic heterocycles. The second kappa shape index (κ2) is 6.12. The van der Waals surface area contributed by atoms with Gasteiger partial charge in [0.15, 0.2) is 0 Å². The number of hydrogen-bond acceptors (Lipinski definition) is 4. The molecule has 0 aliphatic heterocycles. The molecule has 1 saturated carbocycles. The summed E-state index contributed by atoms with van der Waals surface area (Å²) >= 11 is 1.50. The number of nitrogens with zero attached hydrogens (tertiary/aromatic N) is 1. The van der Waals surface area contributed by atoms with E-state index in [9.17, 15) is 8.42 Å². The Morgan fingerprint density at radius 2 is 2.22 bits per heavy atom. The van der Waals surface area contributed by atoms with Crippen LogP contribution >= 0.6 is 11.3 Å². The summed E-state index contributed by atoms with van der Waals surface area (Å²) in [5.41, 5.74) is 0. The van der Waals surface area contributed by atoms with Gasteiger partial charge < -0.3 is 0 Å². The highest BCUT2D eigenvalue weighted by Crippen LogP contribution is 2.27. The van der Waals surface area contributed by atoms with E-state index in [4.69, 9.17) is 0 Å². The highest BCUT2D eigenvalue weighted by atomic mass is 32.2. The second-order valence-electron chi connectivity index (χ2n) is 4.88. The summed E-state index contributed by atoms with van der Waals surface area (Å²) in [6.07, 6.45) is 6.89. The zero-order chi connectivity index (χ0) is 13.0. The molecule has 0 saturated heterocycles. The maximum atomic E-state index is 12.1. The quantitative estimate of drug-likeness (QED) is 0.875. The molecule has 0 unspecified atom stereocenters. The van der Waals surface area contributed by atoms with Crippen molar-refractivity contribution in [2.24, 2.45) is 5.92 Å². The lowest BCUT2D eigenvalue weighted by molar-refractivity contribution is 0.525. The van der Waals surface area contributed by atoms with Crippen LogP contribution in [0.25, 0.3) is 0 Å². The van der Waals surface area contributed by atoms with E-state index in [1.54, 1.807) is 6.20 Å². The molecule has 0 spiro atoms. The Morgan fingerprint density at radius 1 is 1.50 bits per heavy atom. The van der Waals surface area contributed by atoms with Gasteiger partial charge in [0.25, 0.3) is 0 Å². The van der Waals surface area contributed by atoms with Crippen LogP contribution in [0.4, 0.5) is 0 Å². The molecule has 1 aromatic rings. The van der Waals surface area contributed by atoms with E-state index < -0.39 is 10.0 Å². The van der Waals surface area contributed by atoms with Crippen LogP contribution in [0.3, 0.4) is 0 Å². The SMILES string of the molecule is CC[C@H](NS(=O)(=O)CC1CCCC1)c1nccs1. The van der Waals surface area contributed by atoms with Gasteiger partial charge in [-0.05, 0) is 25.2 Å². The van der Waals surface area contributed by atoms with Gasteiger partial charge in [0.2, 0.25) is 10.0 Å². The van der Waals surface area contributed by atoms with Crippen molar-refractivity contribution in [3.8, 4) is 0 Å². The molecular formula is C12H20N2O2S2. The Hall–Kier alpha value is -0.460. The van der Waals surface area contributed by atoms with E-state index in [-0.39, 0.29) is 11.8 Å². The summed E-state index contributed by atoms with van der Waals surface area (Å²) in [4.78, 5) is 4.19. The summed E-state index contributed by atoms with van der Waals surface area (Å²) < 4.78 is 27.0. The van der Waals surface area contributed by atoms with E-state index in [1.165, 1.54) is 24.2 Å². The lowest BCUT2D eigenvalue weighted by Gasteiger charge is -2.16. The van der Waals surface area contributed by atoms with Gasteiger partial charge >= 0.3 is 0 Å². The molecule has 1 aliphatic carbocycles. The molecule has 0 bridgehead atoms. The zero-order valence-corrected chi connectivity index (χ0v) is 12.3. The summed E-state index contributed by atoms with van der Waals surface area (Å²) in [5.74, 6) is 0.616. The Kier molecular flexibility index (Phi) is 4.75. The molecule has 1 N–H and O–H groups in total. The molecule has 0 amide bonds. The smallest absolute Gasteiger partial charge is 0.212 e. The molecule has 0 radical (unpaired) electrons. The van der Waals surface area contributed by atoms with Gasteiger partial charge in [-0.1, -0.05) is 19.8 Å². The lowest BCUT2D eigenvalue weighted by atomic mass is 10.1. The second-order valence-corrected chi connectivity index (χ2v) is 7.61. The minimum Gasteiger partial charge on any atom is -0.248 e. The first-order chi connectivity index (χ1) is 8.61. The first kappa shape index (κ1) is 14.0. The highest BCUT2D eigenvalue weighted by molar-refractivity contribution is 7.89. The summed E-state index contributed by atoms with van der Waals surface area (Å²) in [7, 11) is -3.19. The summed E-state index contributed by atoms with van der Waals surface area (Å²) in [5, 5.41) is 2.73. The van der Waals surface area contributed by atoms with Crippen LogP contribution in [0.2, 0.25) is 0 Å². The topological polar surface area (TPSA) is 59.1 Å². The van der Waals surface area contributed by atoms with Gasteiger partial charge in [-0.15, -0.1) is 11.3 Å². The Morgan fingerprint density at radius 3 is 2.78 bits per heavy atom. The third-order valence-corrected chi connectivity index (χ3v) is 5.85. The molecule has 18 heavy (non-hydrogen) atoms. The van der Waals surface area contributed by atoms with Crippen LogP contribution in [0.15, 0.2) is 11.6 Å². The highest BCUT2D eigenvalue weighted by Gasteiger charge is 2.25. The standard InChI is InChI=1S/C12H20N2O2S2/c1-2-11(12-13-7-8-17-12)14-18(15,16)9-10-5-3-4-6-10/h7-8,10-11,14H,2-6,9H2,1H3/t11-/m0/s1. The Labute approximate surface area is 113 Å². The van der Waals surface area contributed by atoms with E-state index in [2.05, 4.69) is 9.71 Å². The fourth-order valence-corrected chi connectivity index (χ4v) is 5.08. The molecule has 4 nitrogen and oxygen atoms in total. The first-order valence-electron chi connectivity index (χ1n) is 6.50. The molecule has 0 aromatic carbocycles. The summed E-state index contributed by atoms with van der Waals surface area (Å²) in [6.45, 7) is 1.98. The van der Waals surface area contributed by atoms with Crippen LogP contribution in [0.1, 0.15) is 50.1 Å². The first-order valence-corrected chi connectivity index (χ1v) is 9.03. The average molecular weight is 288 g/mol. The van der Waals surface area contributed by atoms with Crippen molar-refractivity contribution >= 4 is 21.4 Å². The van der Waals surface area contributed by atoms with Crippen molar-refractivity contribution in [3.63, 3.8) is 0 Å². The van der Waals surface area contributed by atoms with Gasteiger partial charge in [-0.25, -0.2) is 18.1 Å². The van der Waals surface area contributed by atoms with Crippen LogP contribution < -0.4 is 4.72 Å². The lowest BCUT2D eigenvalue weighted by Crippen LogP contribution is -2.32. The Bertz CT molecular complexity index is 450. The molecular weight excluding hydrogens is 268 g/mol. The maximum Gasteiger partial charge on any atom is 0.212 e. The number of hydrogen-bond donors (Lipinski definition) is 1. The minimum absolute atomic E-state index is 0.170. The van der Waals surface area contributed by atoms with Crippen LogP contribution in [0.5, 0.6) is 0 Å². The van der Waals surface area contributed by atoms with Gasteiger partial charge in [-0.3, -0.25) is 0 Å². The van der Waals surface area contributed by atoms with E-state index >= 15 is 0 Å². The van der Waals surface area contributed by atoms with Crippen molar-refractivity contribution in [1.29, 1.82) is 0 Å². The zero-order valence-electron chi connectivity index (χ0n) is 10.6. The predicted molar refractivity (Wildman–Crippen MR) is 74.0 cm³/mol. The molecule has 1 atom stereocenters. The fourth-order valence-electron chi connectivity index (χ4n) is 2.47.